The predicted octanol–water partition coefficient (Wildman–Crippen LogP) is 2.97. The average Bonchev–Trinajstić information content (AvgIpc) is 2.88. The summed E-state index contributed by atoms with van der Waals surface area (Å²) in [5.74, 6) is -0.713. The third kappa shape index (κ3) is 3.85. The quantitative estimate of drug-likeness (QED) is 0.854. The van der Waals surface area contributed by atoms with Gasteiger partial charge in [-0.25, -0.2) is 4.79 Å². The van der Waals surface area contributed by atoms with Gasteiger partial charge in [-0.1, -0.05) is 0 Å². The number of benzene rings is 1. The molecule has 25 heavy (non-hydrogen) atoms. The molecule has 1 aromatic heterocycles. The highest BCUT2D eigenvalue weighted by Gasteiger charge is 2.28. The number of carbonyl (C=O) groups excluding carboxylic acids is 1. The van der Waals surface area contributed by atoms with Crippen LogP contribution in [0.25, 0.3) is 5.69 Å². The van der Waals surface area contributed by atoms with E-state index in [9.17, 15) is 18.0 Å². The molecule has 2 N–H and O–H groups in total. The van der Waals surface area contributed by atoms with Gasteiger partial charge in [-0.2, -0.15) is 18.4 Å². The maximum atomic E-state index is 12.2. The van der Waals surface area contributed by atoms with Crippen LogP contribution in [0.15, 0.2) is 24.4 Å². The van der Waals surface area contributed by atoms with E-state index in [2.05, 4.69) is 9.47 Å². The van der Waals surface area contributed by atoms with Gasteiger partial charge in [0.2, 0.25) is 0 Å². The van der Waals surface area contributed by atoms with Crippen molar-refractivity contribution in [3.63, 3.8) is 0 Å². The summed E-state index contributed by atoms with van der Waals surface area (Å²) in [6, 6.07) is 6.06. The van der Waals surface area contributed by atoms with E-state index >= 15 is 0 Å². The molecule has 0 amide bonds. The Balaban J connectivity index is 2.46. The van der Waals surface area contributed by atoms with Crippen LogP contribution in [-0.4, -0.2) is 30.4 Å². The van der Waals surface area contributed by atoms with Gasteiger partial charge in [0.25, 0.3) is 0 Å². The number of hydrogen-bond acceptors (Lipinski definition) is 5. The van der Waals surface area contributed by atoms with Crippen molar-refractivity contribution >= 4 is 11.7 Å². The maximum Gasteiger partial charge on any atom is 0.422 e. The van der Waals surface area contributed by atoms with Gasteiger partial charge in [0, 0.05) is 11.9 Å². The maximum absolute atomic E-state index is 12.2. The van der Waals surface area contributed by atoms with Crippen LogP contribution in [0.5, 0.6) is 5.75 Å². The molecule has 1 aromatic carbocycles. The highest BCUT2D eigenvalue weighted by molar-refractivity contribution is 5.96. The van der Waals surface area contributed by atoms with Gasteiger partial charge in [0.15, 0.2) is 12.3 Å². The minimum atomic E-state index is -4.44. The molecule has 9 heteroatoms. The van der Waals surface area contributed by atoms with Crippen LogP contribution in [0.2, 0.25) is 0 Å². The van der Waals surface area contributed by atoms with Crippen molar-refractivity contribution in [3.8, 4) is 17.5 Å². The van der Waals surface area contributed by atoms with Crippen molar-refractivity contribution in [2.45, 2.75) is 13.1 Å². The Morgan fingerprint density at radius 1 is 1.40 bits per heavy atom. The number of carbonyl (C=O) groups is 1. The highest BCUT2D eigenvalue weighted by atomic mass is 19.4. The van der Waals surface area contributed by atoms with Gasteiger partial charge in [0.05, 0.1) is 18.4 Å². The van der Waals surface area contributed by atoms with E-state index < -0.39 is 18.8 Å². The van der Waals surface area contributed by atoms with Crippen LogP contribution in [0.1, 0.15) is 21.6 Å². The molecule has 2 rings (SSSR count). The first-order valence-electron chi connectivity index (χ1n) is 6.97. The monoisotopic (exact) mass is 353 g/mol. The lowest BCUT2D eigenvalue weighted by Crippen LogP contribution is -2.19. The second-order valence-corrected chi connectivity index (χ2v) is 5.13. The number of rotatable bonds is 4. The summed E-state index contributed by atoms with van der Waals surface area (Å²) in [4.78, 5) is 12.0. The molecular formula is C16H14F3N3O3. The summed E-state index contributed by atoms with van der Waals surface area (Å²) in [5.41, 5.74) is 6.79. The summed E-state index contributed by atoms with van der Waals surface area (Å²) in [6.07, 6.45) is -3.08. The zero-order chi connectivity index (χ0) is 18.8. The molecule has 0 bridgehead atoms. The van der Waals surface area contributed by atoms with Gasteiger partial charge in [-0.3, -0.25) is 0 Å². The summed E-state index contributed by atoms with van der Waals surface area (Å²) in [5, 5.41) is 9.10. The number of halogens is 3. The van der Waals surface area contributed by atoms with Gasteiger partial charge in [-0.15, -0.1) is 0 Å². The number of nitrogen functional groups attached to an aromatic ring is 1. The van der Waals surface area contributed by atoms with Crippen LogP contribution in [-0.2, 0) is 4.74 Å². The molecule has 0 aliphatic rings. The lowest BCUT2D eigenvalue weighted by molar-refractivity contribution is -0.153. The van der Waals surface area contributed by atoms with E-state index in [4.69, 9.17) is 11.0 Å². The molecule has 0 saturated heterocycles. The van der Waals surface area contributed by atoms with Crippen LogP contribution >= 0.6 is 0 Å². The van der Waals surface area contributed by atoms with Crippen LogP contribution in [0, 0.1) is 18.3 Å². The highest BCUT2D eigenvalue weighted by Crippen LogP contribution is 2.28. The summed E-state index contributed by atoms with van der Waals surface area (Å²) >= 11 is 0. The largest absolute Gasteiger partial charge is 0.484 e. The Morgan fingerprint density at radius 3 is 2.60 bits per heavy atom. The molecule has 6 nitrogen and oxygen atoms in total. The van der Waals surface area contributed by atoms with Crippen LogP contribution in [0.4, 0.5) is 18.9 Å². The third-order valence-corrected chi connectivity index (χ3v) is 3.37. The lowest BCUT2D eigenvalue weighted by atomic mass is 10.2. The number of alkyl halides is 3. The zero-order valence-corrected chi connectivity index (χ0v) is 13.3. The molecule has 0 atom stereocenters. The van der Waals surface area contributed by atoms with Gasteiger partial charge >= 0.3 is 12.1 Å². The fourth-order valence-electron chi connectivity index (χ4n) is 2.26. The molecule has 2 aromatic rings. The Hall–Kier alpha value is -3.15. The second kappa shape index (κ2) is 6.76. The van der Waals surface area contributed by atoms with Crippen molar-refractivity contribution in [3.05, 3.63) is 41.2 Å². The number of nitrogens with two attached hydrogens (primary N) is 1. The number of nitriles is 1. The molecule has 1 heterocycles. The van der Waals surface area contributed by atoms with Gasteiger partial charge in [0.1, 0.15) is 11.8 Å². The minimum Gasteiger partial charge on any atom is -0.484 e. The topological polar surface area (TPSA) is 90.3 Å². The minimum absolute atomic E-state index is 0.0267. The number of nitrogens with zero attached hydrogens (tertiary/aromatic N) is 2. The fraction of sp³-hybridized carbons (Fsp3) is 0.250. The summed E-state index contributed by atoms with van der Waals surface area (Å²) < 4.78 is 47.4. The average molecular weight is 353 g/mol. The van der Waals surface area contributed by atoms with Crippen molar-refractivity contribution in [2.75, 3.05) is 19.5 Å². The van der Waals surface area contributed by atoms with Crippen molar-refractivity contribution in [1.82, 2.24) is 4.57 Å². The Labute approximate surface area is 141 Å². The van der Waals surface area contributed by atoms with Crippen molar-refractivity contribution in [2.24, 2.45) is 0 Å². The fourth-order valence-corrected chi connectivity index (χ4v) is 2.26. The van der Waals surface area contributed by atoms with E-state index in [1.165, 1.54) is 36.1 Å². The Morgan fingerprint density at radius 2 is 2.08 bits per heavy atom. The van der Waals surface area contributed by atoms with Crippen molar-refractivity contribution < 1.29 is 27.4 Å². The number of hydrogen-bond donors (Lipinski definition) is 1. The molecule has 0 fully saturated rings. The van der Waals surface area contributed by atoms with Gasteiger partial charge < -0.3 is 19.8 Å². The van der Waals surface area contributed by atoms with E-state index in [0.29, 0.717) is 11.3 Å². The van der Waals surface area contributed by atoms with Crippen LogP contribution < -0.4 is 10.5 Å². The lowest BCUT2D eigenvalue weighted by Gasteiger charge is -2.14. The number of esters is 1. The van der Waals surface area contributed by atoms with Crippen LogP contribution in [0.3, 0.4) is 0 Å². The van der Waals surface area contributed by atoms with E-state index in [-0.39, 0.29) is 22.7 Å². The first-order valence-corrected chi connectivity index (χ1v) is 6.97. The number of aryl methyl sites for hydroxylation is 1. The molecule has 0 saturated carbocycles. The molecule has 0 spiro atoms. The van der Waals surface area contributed by atoms with Crippen molar-refractivity contribution in [1.29, 1.82) is 5.26 Å². The van der Waals surface area contributed by atoms with Gasteiger partial charge in [-0.05, 0) is 30.7 Å². The Kier molecular flexibility index (Phi) is 4.92. The molecule has 0 radical (unpaired) electrons. The third-order valence-electron chi connectivity index (χ3n) is 3.37. The first-order chi connectivity index (χ1) is 11.7. The summed E-state index contributed by atoms with van der Waals surface area (Å²) in [7, 11) is 1.17. The number of methoxy groups -OCH3 is 1. The number of anilines is 1. The Bertz CT molecular complexity index is 851. The summed E-state index contributed by atoms with van der Waals surface area (Å²) in [6.45, 7) is 0.216. The molecule has 132 valence electrons. The molecule has 0 aliphatic carbocycles. The first kappa shape index (κ1) is 18.2. The zero-order valence-electron chi connectivity index (χ0n) is 13.3. The smallest absolute Gasteiger partial charge is 0.422 e. The standard InChI is InChI=1S/C16H14F3N3O3/c1-9-5-11(25-8-16(17,18)19)3-4-12(9)22-7-10(6-20)13(21)14(22)15(23)24-2/h3-5,7H,8,21H2,1-2H3. The molecular weight excluding hydrogens is 339 g/mol. The van der Waals surface area contributed by atoms with E-state index in [1.807, 2.05) is 6.07 Å². The number of aromatic nitrogens is 1. The van der Waals surface area contributed by atoms with E-state index in [1.54, 1.807) is 6.92 Å². The predicted molar refractivity (Wildman–Crippen MR) is 82.5 cm³/mol. The molecule has 0 aliphatic heterocycles. The number of ether oxygens (including phenoxy) is 2. The molecule has 0 unspecified atom stereocenters. The van der Waals surface area contributed by atoms with E-state index in [0.717, 1.165) is 0 Å². The normalized spacial score (nSPS) is 11.0. The second-order valence-electron chi connectivity index (χ2n) is 5.13. The SMILES string of the molecule is COC(=O)c1c(N)c(C#N)cn1-c1ccc(OCC(F)(F)F)cc1C.